The lowest BCUT2D eigenvalue weighted by Crippen LogP contribution is -2.24. The molecule has 2 aliphatic rings. The molecule has 2 fully saturated rings. The minimum atomic E-state index is -0.642. The number of benzene rings is 1. The molecule has 3 rings (SSSR count). The van der Waals surface area contributed by atoms with Crippen LogP contribution in [0.2, 0.25) is 0 Å². The lowest BCUT2D eigenvalue weighted by atomic mass is 9.90. The Balaban J connectivity index is 1.37. The van der Waals surface area contributed by atoms with Gasteiger partial charge in [-0.1, -0.05) is 54.6 Å². The van der Waals surface area contributed by atoms with Gasteiger partial charge in [0.15, 0.2) is 0 Å². The molecule has 1 amide bonds. The van der Waals surface area contributed by atoms with Gasteiger partial charge in [-0.25, -0.2) is 0 Å². The van der Waals surface area contributed by atoms with Crippen LogP contribution in [0.25, 0.3) is 0 Å². The summed E-state index contributed by atoms with van der Waals surface area (Å²) in [7, 11) is 0. The summed E-state index contributed by atoms with van der Waals surface area (Å²) in [6, 6.07) is 10.0. The van der Waals surface area contributed by atoms with E-state index in [4.69, 9.17) is 0 Å². The van der Waals surface area contributed by atoms with E-state index < -0.39 is 12.2 Å². The molecule has 1 aromatic carbocycles. The maximum Gasteiger partial charge on any atom is 0.220 e. The first-order valence-corrected chi connectivity index (χ1v) is 12.1. The van der Waals surface area contributed by atoms with Crippen LogP contribution in [0.4, 0.5) is 0 Å². The van der Waals surface area contributed by atoms with Crippen molar-refractivity contribution in [1.29, 1.82) is 0 Å². The largest absolute Gasteiger partial charge is 0.392 e. The number of unbranched alkanes of at least 4 members (excludes halogenated alkanes) is 1. The highest BCUT2D eigenvalue weighted by Gasteiger charge is 2.39. The molecule has 1 aromatic rings. The molecule has 0 aromatic heterocycles. The van der Waals surface area contributed by atoms with Gasteiger partial charge in [0.05, 0.1) is 12.2 Å². The molecule has 0 saturated heterocycles. The van der Waals surface area contributed by atoms with Crippen molar-refractivity contribution in [3.05, 3.63) is 60.2 Å². The van der Waals surface area contributed by atoms with Gasteiger partial charge < -0.3 is 15.5 Å². The highest BCUT2D eigenvalue weighted by Crippen LogP contribution is 2.33. The Labute approximate surface area is 191 Å². The van der Waals surface area contributed by atoms with Crippen molar-refractivity contribution in [2.24, 2.45) is 17.8 Å². The van der Waals surface area contributed by atoms with Gasteiger partial charge in [0.1, 0.15) is 5.78 Å². The number of aliphatic hydroxyl groups is 2. The molecule has 5 heteroatoms. The Morgan fingerprint density at radius 1 is 1.19 bits per heavy atom. The maximum absolute atomic E-state index is 12.3. The second-order valence-electron chi connectivity index (χ2n) is 9.25. The van der Waals surface area contributed by atoms with Crippen LogP contribution in [0.15, 0.2) is 54.6 Å². The van der Waals surface area contributed by atoms with Gasteiger partial charge in [0.25, 0.3) is 0 Å². The average Bonchev–Trinajstić information content (AvgIpc) is 3.58. The van der Waals surface area contributed by atoms with E-state index in [9.17, 15) is 19.8 Å². The van der Waals surface area contributed by atoms with Gasteiger partial charge in [0, 0.05) is 31.2 Å². The molecule has 0 radical (unpaired) electrons. The summed E-state index contributed by atoms with van der Waals surface area (Å²) in [5, 5.41) is 23.6. The summed E-state index contributed by atoms with van der Waals surface area (Å²) in [4.78, 5) is 24.1. The highest BCUT2D eigenvalue weighted by atomic mass is 16.3. The SMILES string of the molecule is O=C(CCCC=CC[C@H]1[C@@H](O)CC(=O)[C@@H]1C=C[C@@H](O)CCc1ccccc1)NCC1CC1. The van der Waals surface area contributed by atoms with Crippen LogP contribution >= 0.6 is 0 Å². The third kappa shape index (κ3) is 8.36. The first kappa shape index (κ1) is 24.4. The smallest absolute Gasteiger partial charge is 0.220 e. The molecule has 5 nitrogen and oxygen atoms in total. The summed E-state index contributed by atoms with van der Waals surface area (Å²) in [6.07, 6.45) is 13.1. The Hall–Kier alpha value is -2.24. The van der Waals surface area contributed by atoms with Gasteiger partial charge in [-0.3, -0.25) is 9.59 Å². The number of rotatable bonds is 13. The molecule has 0 spiro atoms. The molecule has 2 saturated carbocycles. The molecular weight excluding hydrogens is 402 g/mol. The monoisotopic (exact) mass is 439 g/mol. The number of nitrogens with one attached hydrogen (secondary N) is 1. The lowest BCUT2D eigenvalue weighted by molar-refractivity contribution is -0.121. The average molecular weight is 440 g/mol. The van der Waals surface area contributed by atoms with Crippen molar-refractivity contribution in [2.45, 2.75) is 70.0 Å². The predicted molar refractivity (Wildman–Crippen MR) is 126 cm³/mol. The van der Waals surface area contributed by atoms with Crippen LogP contribution in [0, 0.1) is 17.8 Å². The summed E-state index contributed by atoms with van der Waals surface area (Å²) >= 11 is 0. The van der Waals surface area contributed by atoms with E-state index in [0.717, 1.165) is 25.8 Å². The topological polar surface area (TPSA) is 86.6 Å². The fraction of sp³-hybridized carbons (Fsp3) is 0.556. The van der Waals surface area contributed by atoms with Crippen LogP contribution in [-0.2, 0) is 16.0 Å². The maximum atomic E-state index is 12.3. The molecule has 3 N–H and O–H groups in total. The van der Waals surface area contributed by atoms with Gasteiger partial charge in [-0.15, -0.1) is 0 Å². The van der Waals surface area contributed by atoms with Crippen LogP contribution in [0.3, 0.4) is 0 Å². The number of hydrogen-bond acceptors (Lipinski definition) is 4. The Kier molecular flexibility index (Phi) is 9.69. The van der Waals surface area contributed by atoms with Gasteiger partial charge in [-0.2, -0.15) is 0 Å². The van der Waals surface area contributed by atoms with Crippen LogP contribution in [0.5, 0.6) is 0 Å². The Morgan fingerprint density at radius 3 is 2.72 bits per heavy atom. The van der Waals surface area contributed by atoms with Crippen LogP contribution in [-0.4, -0.2) is 40.7 Å². The molecule has 0 aliphatic heterocycles. The number of hydrogen-bond donors (Lipinski definition) is 3. The van der Waals surface area contributed by atoms with E-state index in [2.05, 4.69) is 5.32 Å². The van der Waals surface area contributed by atoms with E-state index in [1.54, 1.807) is 12.2 Å². The number of carbonyl (C=O) groups is 2. The number of aryl methyl sites for hydroxylation is 1. The zero-order valence-corrected chi connectivity index (χ0v) is 18.9. The second-order valence-corrected chi connectivity index (χ2v) is 9.25. The number of Topliss-reactive ketones (excluding diaryl/α,β-unsaturated/α-hetero) is 1. The fourth-order valence-corrected chi connectivity index (χ4v) is 4.25. The number of allylic oxidation sites excluding steroid dienone is 3. The van der Waals surface area contributed by atoms with Crippen molar-refractivity contribution in [3.8, 4) is 0 Å². The zero-order chi connectivity index (χ0) is 22.8. The summed E-state index contributed by atoms with van der Waals surface area (Å²) in [5.41, 5.74) is 1.18. The summed E-state index contributed by atoms with van der Waals surface area (Å²) < 4.78 is 0. The van der Waals surface area contributed by atoms with Gasteiger partial charge in [-0.05, 0) is 56.4 Å². The van der Waals surface area contributed by atoms with E-state index in [-0.39, 0.29) is 29.9 Å². The quantitative estimate of drug-likeness (QED) is 0.323. The standard InChI is InChI=1S/C27H37NO4/c29-22(15-14-20-8-4-3-5-9-20)16-17-24-23(25(30)18-26(24)31)10-6-1-2-7-11-27(32)28-19-21-12-13-21/h1,3-6,8-9,16-17,21-25,29-30H,2,7,10-15,18-19H2,(H,28,32)/t22-,23+,24+,25-/m0/s1. The van der Waals surface area contributed by atoms with Crippen molar-refractivity contribution in [1.82, 2.24) is 5.32 Å². The van der Waals surface area contributed by atoms with Crippen molar-refractivity contribution < 1.29 is 19.8 Å². The molecule has 32 heavy (non-hydrogen) atoms. The molecule has 0 unspecified atom stereocenters. The number of amides is 1. The molecule has 2 aliphatic carbocycles. The van der Waals surface area contributed by atoms with Gasteiger partial charge >= 0.3 is 0 Å². The summed E-state index contributed by atoms with van der Waals surface area (Å²) in [5.74, 6) is 0.353. The number of carbonyl (C=O) groups excluding carboxylic acids is 2. The second kappa shape index (κ2) is 12.7. The van der Waals surface area contributed by atoms with E-state index in [1.165, 1.54) is 18.4 Å². The number of aliphatic hydroxyl groups excluding tert-OH is 2. The van der Waals surface area contributed by atoms with Crippen molar-refractivity contribution >= 4 is 11.7 Å². The lowest BCUT2D eigenvalue weighted by Gasteiger charge is -2.17. The van der Waals surface area contributed by atoms with E-state index in [1.807, 2.05) is 42.5 Å². The van der Waals surface area contributed by atoms with Crippen molar-refractivity contribution in [3.63, 3.8) is 0 Å². The fourth-order valence-electron chi connectivity index (χ4n) is 4.25. The Morgan fingerprint density at radius 2 is 1.97 bits per heavy atom. The normalized spacial score (nSPS) is 24.4. The van der Waals surface area contributed by atoms with Crippen LogP contribution in [0.1, 0.15) is 56.9 Å². The highest BCUT2D eigenvalue weighted by molar-refractivity contribution is 5.86. The number of ketones is 1. The molecule has 0 bridgehead atoms. The van der Waals surface area contributed by atoms with E-state index >= 15 is 0 Å². The van der Waals surface area contributed by atoms with Crippen LogP contribution < -0.4 is 5.32 Å². The van der Waals surface area contributed by atoms with Gasteiger partial charge in [0.2, 0.25) is 5.91 Å². The third-order valence-corrected chi connectivity index (χ3v) is 6.48. The molecule has 174 valence electrons. The molecule has 0 heterocycles. The third-order valence-electron chi connectivity index (χ3n) is 6.48. The molecular formula is C27H37NO4. The predicted octanol–water partition coefficient (Wildman–Crippen LogP) is 3.75. The van der Waals surface area contributed by atoms with E-state index in [0.29, 0.717) is 25.2 Å². The first-order chi connectivity index (χ1) is 15.5. The van der Waals surface area contributed by atoms with Crippen molar-refractivity contribution in [2.75, 3.05) is 6.54 Å². The zero-order valence-electron chi connectivity index (χ0n) is 18.9. The summed E-state index contributed by atoms with van der Waals surface area (Å²) in [6.45, 7) is 0.818. The Bertz CT molecular complexity index is 784. The minimum Gasteiger partial charge on any atom is -0.392 e. The minimum absolute atomic E-state index is 0.0368. The molecule has 4 atom stereocenters. The first-order valence-electron chi connectivity index (χ1n) is 12.1.